The molecule has 0 fully saturated rings. The number of nitrogens with zero attached hydrogens (tertiary/aromatic N) is 1. The highest BCUT2D eigenvalue weighted by Crippen LogP contribution is 2.31. The molecule has 29 heavy (non-hydrogen) atoms. The average Bonchev–Trinajstić information content (AvgIpc) is 2.94. The van der Waals surface area contributed by atoms with Crippen LogP contribution in [0.4, 0.5) is 11.4 Å². The zero-order valence-corrected chi connectivity index (χ0v) is 17.8. The molecule has 0 radical (unpaired) electrons. The predicted molar refractivity (Wildman–Crippen MR) is 121 cm³/mol. The molecule has 1 heterocycles. The number of hydrogen-bond acceptors (Lipinski definition) is 4. The van der Waals surface area contributed by atoms with E-state index >= 15 is 0 Å². The van der Waals surface area contributed by atoms with Crippen molar-refractivity contribution in [2.45, 2.75) is 0 Å². The fourth-order valence-electron chi connectivity index (χ4n) is 2.81. The topological polar surface area (TPSA) is 58.6 Å². The molecule has 3 aromatic carbocycles. The number of benzene rings is 3. The van der Waals surface area contributed by atoms with Gasteiger partial charge in [0, 0.05) is 9.26 Å². The molecule has 7 heteroatoms. The number of nitrogens with one attached hydrogen (secondary N) is 1. The summed E-state index contributed by atoms with van der Waals surface area (Å²) in [5.41, 5.74) is 1.14. The van der Waals surface area contributed by atoms with Crippen LogP contribution in [0.15, 0.2) is 89.6 Å². The maximum atomic E-state index is 12.8. The molecule has 0 atom stereocenters. The predicted octanol–water partition coefficient (Wildman–Crippen LogP) is 5.52. The molecule has 5 nitrogen and oxygen atoms in total. The van der Waals surface area contributed by atoms with Crippen LogP contribution >= 0.6 is 34.2 Å². The number of carbonyl (C=O) groups is 2. The summed E-state index contributed by atoms with van der Waals surface area (Å²) in [4.78, 5) is 26.4. The Morgan fingerprint density at radius 3 is 2.07 bits per heavy atom. The Bertz CT molecular complexity index is 1100. The molecule has 0 unspecified atom stereocenters. The van der Waals surface area contributed by atoms with Crippen LogP contribution in [0.1, 0.15) is 0 Å². The van der Waals surface area contributed by atoms with Gasteiger partial charge in [0.15, 0.2) is 0 Å². The van der Waals surface area contributed by atoms with Gasteiger partial charge in [0.1, 0.15) is 22.2 Å². The maximum absolute atomic E-state index is 12.8. The molecular weight excluding hydrogens is 503 g/mol. The summed E-state index contributed by atoms with van der Waals surface area (Å²) in [5.74, 6) is 0.329. The molecule has 4 rings (SSSR count). The van der Waals surface area contributed by atoms with Crippen LogP contribution in [-0.4, -0.2) is 11.8 Å². The standard InChI is InChI=1S/C22H14ClIN2O3/c23-19-20(22(28)26(21(19)27)16-10-6-14(24)7-11-16)25-15-8-12-18(13-9-15)29-17-4-2-1-3-5-17/h1-13,25H. The number of amides is 2. The SMILES string of the molecule is O=C1C(Cl)=C(Nc2ccc(Oc3ccccc3)cc2)C(=O)N1c1ccc(I)cc1. The molecule has 3 aromatic rings. The lowest BCUT2D eigenvalue weighted by atomic mass is 10.2. The molecule has 1 aliphatic rings. The molecule has 0 aromatic heterocycles. The first kappa shape index (κ1) is 19.5. The van der Waals surface area contributed by atoms with Gasteiger partial charge in [-0.15, -0.1) is 0 Å². The minimum Gasteiger partial charge on any atom is -0.457 e. The van der Waals surface area contributed by atoms with Crippen molar-refractivity contribution in [1.82, 2.24) is 0 Å². The van der Waals surface area contributed by atoms with Gasteiger partial charge in [-0.3, -0.25) is 9.59 Å². The number of carbonyl (C=O) groups excluding carboxylic acids is 2. The summed E-state index contributed by atoms with van der Waals surface area (Å²) in [7, 11) is 0. The van der Waals surface area contributed by atoms with Gasteiger partial charge in [-0.05, 0) is 83.3 Å². The van der Waals surface area contributed by atoms with Crippen LogP contribution in [0.2, 0.25) is 0 Å². The lowest BCUT2D eigenvalue weighted by molar-refractivity contribution is -0.120. The number of rotatable bonds is 5. The zero-order valence-electron chi connectivity index (χ0n) is 14.9. The molecule has 0 saturated carbocycles. The van der Waals surface area contributed by atoms with E-state index in [9.17, 15) is 9.59 Å². The van der Waals surface area contributed by atoms with Gasteiger partial charge in [-0.1, -0.05) is 29.8 Å². The van der Waals surface area contributed by atoms with Crippen molar-refractivity contribution in [3.8, 4) is 11.5 Å². The van der Waals surface area contributed by atoms with Crippen molar-refractivity contribution < 1.29 is 14.3 Å². The van der Waals surface area contributed by atoms with Gasteiger partial charge >= 0.3 is 0 Å². The second-order valence-electron chi connectivity index (χ2n) is 6.18. The minimum atomic E-state index is -0.551. The zero-order chi connectivity index (χ0) is 20.4. The van der Waals surface area contributed by atoms with Crippen molar-refractivity contribution in [2.24, 2.45) is 0 Å². The highest BCUT2D eigenvalue weighted by Gasteiger charge is 2.38. The van der Waals surface area contributed by atoms with Crippen LogP contribution in [0.3, 0.4) is 0 Å². The Kier molecular flexibility index (Phi) is 5.55. The Morgan fingerprint density at radius 2 is 1.41 bits per heavy atom. The lowest BCUT2D eigenvalue weighted by Gasteiger charge is -2.15. The molecule has 1 N–H and O–H groups in total. The van der Waals surface area contributed by atoms with Gasteiger partial charge in [0.25, 0.3) is 11.8 Å². The molecule has 2 amide bonds. The van der Waals surface area contributed by atoms with E-state index in [2.05, 4.69) is 27.9 Å². The third-order valence-corrected chi connectivity index (χ3v) is 5.28. The monoisotopic (exact) mass is 516 g/mol. The van der Waals surface area contributed by atoms with Crippen LogP contribution in [0, 0.1) is 3.57 Å². The van der Waals surface area contributed by atoms with Crippen molar-refractivity contribution in [3.63, 3.8) is 0 Å². The summed E-state index contributed by atoms with van der Waals surface area (Å²) in [6.45, 7) is 0. The largest absolute Gasteiger partial charge is 0.457 e. The second kappa shape index (κ2) is 8.26. The third-order valence-electron chi connectivity index (χ3n) is 4.21. The van der Waals surface area contributed by atoms with Crippen LogP contribution in [0.5, 0.6) is 11.5 Å². The Balaban J connectivity index is 1.50. The van der Waals surface area contributed by atoms with Crippen LogP contribution in [0.25, 0.3) is 0 Å². The first-order valence-electron chi connectivity index (χ1n) is 8.67. The van der Waals surface area contributed by atoms with E-state index in [4.69, 9.17) is 16.3 Å². The van der Waals surface area contributed by atoms with E-state index in [0.29, 0.717) is 17.1 Å². The van der Waals surface area contributed by atoms with E-state index in [0.717, 1.165) is 14.2 Å². The fourth-order valence-corrected chi connectivity index (χ4v) is 3.38. The summed E-state index contributed by atoms with van der Waals surface area (Å²) in [6, 6.07) is 23.5. The van der Waals surface area contributed by atoms with E-state index < -0.39 is 11.8 Å². The summed E-state index contributed by atoms with van der Waals surface area (Å²) >= 11 is 8.32. The van der Waals surface area contributed by atoms with Gasteiger partial charge in [-0.25, -0.2) is 4.90 Å². The Labute approximate surface area is 186 Å². The average molecular weight is 517 g/mol. The van der Waals surface area contributed by atoms with Crippen molar-refractivity contribution >= 4 is 57.4 Å². The van der Waals surface area contributed by atoms with Gasteiger partial charge in [0.2, 0.25) is 0 Å². The molecule has 0 saturated heterocycles. The lowest BCUT2D eigenvalue weighted by Crippen LogP contribution is -2.32. The smallest absolute Gasteiger partial charge is 0.283 e. The number of para-hydroxylation sites is 1. The van der Waals surface area contributed by atoms with Crippen molar-refractivity contribution in [3.05, 3.63) is 93.2 Å². The number of halogens is 2. The summed E-state index contributed by atoms with van der Waals surface area (Å²) < 4.78 is 6.75. The molecule has 144 valence electrons. The van der Waals surface area contributed by atoms with E-state index in [-0.39, 0.29) is 10.7 Å². The Hall–Kier alpha value is -2.84. The van der Waals surface area contributed by atoms with Gasteiger partial charge < -0.3 is 10.1 Å². The van der Waals surface area contributed by atoms with Gasteiger partial charge in [-0.2, -0.15) is 0 Å². The van der Waals surface area contributed by atoms with E-state index in [1.165, 1.54) is 0 Å². The molecule has 1 aliphatic heterocycles. The highest BCUT2D eigenvalue weighted by atomic mass is 127. The fraction of sp³-hybridized carbons (Fsp3) is 0. The van der Waals surface area contributed by atoms with Crippen molar-refractivity contribution in [1.29, 1.82) is 0 Å². The molecule has 0 bridgehead atoms. The molecular formula is C22H14ClIN2O3. The first-order chi connectivity index (χ1) is 14.0. The highest BCUT2D eigenvalue weighted by molar-refractivity contribution is 14.1. The second-order valence-corrected chi connectivity index (χ2v) is 7.80. The normalized spacial score (nSPS) is 13.8. The molecule has 0 aliphatic carbocycles. The molecule has 0 spiro atoms. The number of ether oxygens (including phenoxy) is 1. The summed E-state index contributed by atoms with van der Waals surface area (Å²) in [5, 5.41) is 2.81. The summed E-state index contributed by atoms with van der Waals surface area (Å²) in [6.07, 6.45) is 0. The third kappa shape index (κ3) is 4.13. The number of anilines is 2. The van der Waals surface area contributed by atoms with E-state index in [1.807, 2.05) is 42.5 Å². The quantitative estimate of drug-likeness (QED) is 0.358. The maximum Gasteiger partial charge on any atom is 0.283 e. The Morgan fingerprint density at radius 1 is 0.793 bits per heavy atom. The van der Waals surface area contributed by atoms with Crippen LogP contribution < -0.4 is 15.0 Å². The van der Waals surface area contributed by atoms with E-state index in [1.54, 1.807) is 36.4 Å². The van der Waals surface area contributed by atoms with Crippen LogP contribution in [-0.2, 0) is 9.59 Å². The minimum absolute atomic E-state index is 0.0481. The number of imide groups is 1. The number of hydrogen-bond donors (Lipinski definition) is 1. The van der Waals surface area contributed by atoms with Gasteiger partial charge in [0.05, 0.1) is 5.69 Å². The first-order valence-corrected chi connectivity index (χ1v) is 10.1. The van der Waals surface area contributed by atoms with Crippen molar-refractivity contribution in [2.75, 3.05) is 10.2 Å².